The quantitative estimate of drug-likeness (QED) is 0.742. The van der Waals surface area contributed by atoms with E-state index < -0.39 is 0 Å². The fraction of sp³-hybridized carbons (Fsp3) is 0.500. The molecular weight excluding hydrogens is 368 g/mol. The molecule has 2 heterocycles. The first-order valence-electron chi connectivity index (χ1n) is 10.3. The van der Waals surface area contributed by atoms with Crippen LogP contribution in [0, 0.1) is 12.8 Å². The van der Waals surface area contributed by atoms with Crippen LogP contribution in [0.2, 0.25) is 0 Å². The number of carbonyl (C=O) groups excluding carboxylic acids is 2. The Balaban J connectivity index is 1.74. The van der Waals surface area contributed by atoms with Gasteiger partial charge in [0.05, 0.1) is 25.1 Å². The summed E-state index contributed by atoms with van der Waals surface area (Å²) in [4.78, 5) is 27.4. The van der Waals surface area contributed by atoms with Crippen LogP contribution in [0.25, 0.3) is 0 Å². The van der Waals surface area contributed by atoms with Crippen molar-refractivity contribution in [2.45, 2.75) is 46.2 Å². The van der Waals surface area contributed by atoms with E-state index in [0.717, 1.165) is 17.0 Å². The minimum absolute atomic E-state index is 0.0142. The van der Waals surface area contributed by atoms with Crippen LogP contribution < -0.4 is 10.1 Å². The number of rotatable bonds is 8. The second-order valence-corrected chi connectivity index (χ2v) is 7.26. The van der Waals surface area contributed by atoms with E-state index in [4.69, 9.17) is 4.74 Å². The van der Waals surface area contributed by atoms with E-state index in [1.54, 1.807) is 6.20 Å². The van der Waals surface area contributed by atoms with Crippen LogP contribution in [0.1, 0.15) is 44.0 Å². The third-order valence-electron chi connectivity index (χ3n) is 5.47. The Bertz CT molecular complexity index is 831. The summed E-state index contributed by atoms with van der Waals surface area (Å²) in [5, 5.41) is 7.29. The van der Waals surface area contributed by atoms with Gasteiger partial charge in [-0.15, -0.1) is 0 Å². The van der Waals surface area contributed by atoms with Crippen LogP contribution in [0.3, 0.4) is 0 Å². The highest BCUT2D eigenvalue weighted by atomic mass is 16.5. The molecule has 0 radical (unpaired) electrons. The van der Waals surface area contributed by atoms with Crippen molar-refractivity contribution in [2.24, 2.45) is 5.92 Å². The lowest BCUT2D eigenvalue weighted by atomic mass is 9.83. The van der Waals surface area contributed by atoms with Crippen LogP contribution in [-0.2, 0) is 16.1 Å². The van der Waals surface area contributed by atoms with E-state index in [1.807, 2.05) is 60.7 Å². The fourth-order valence-corrected chi connectivity index (χ4v) is 3.99. The molecule has 0 bridgehead atoms. The van der Waals surface area contributed by atoms with Crippen LogP contribution >= 0.6 is 0 Å². The summed E-state index contributed by atoms with van der Waals surface area (Å²) in [5.41, 5.74) is 2.03. The minimum Gasteiger partial charge on any atom is -0.494 e. The number of hydrogen-bond acceptors (Lipinski definition) is 4. The topological polar surface area (TPSA) is 76.5 Å². The van der Waals surface area contributed by atoms with E-state index in [2.05, 4.69) is 10.4 Å². The maximum absolute atomic E-state index is 13.0. The molecule has 1 aromatic heterocycles. The molecule has 2 aromatic rings. The van der Waals surface area contributed by atoms with Gasteiger partial charge in [0.25, 0.3) is 0 Å². The normalized spacial score (nSPS) is 19.3. The predicted molar refractivity (Wildman–Crippen MR) is 110 cm³/mol. The van der Waals surface area contributed by atoms with E-state index in [1.165, 1.54) is 0 Å². The molecule has 29 heavy (non-hydrogen) atoms. The number of ether oxygens (including phenoxy) is 1. The minimum atomic E-state index is -0.274. The first-order valence-corrected chi connectivity index (χ1v) is 10.3. The molecule has 7 heteroatoms. The Labute approximate surface area is 172 Å². The molecule has 1 aliphatic rings. The standard InChI is InChI=1S/C22H30N4O3/c1-4-25-20(27)11-10-19(21(25)17-6-8-18(9-7-17)29-5-2)22(28)23-14-15-26-16(3)12-13-24-26/h6-9,12-13,19,21H,4-5,10-11,14-15H2,1-3H3,(H,23,28)/t19-,21+/m1/s1. The van der Waals surface area contributed by atoms with Gasteiger partial charge in [0.2, 0.25) is 11.8 Å². The summed E-state index contributed by atoms with van der Waals surface area (Å²) in [6, 6.07) is 9.41. The molecule has 156 valence electrons. The molecular formula is C22H30N4O3. The van der Waals surface area contributed by atoms with Gasteiger partial charge in [-0.2, -0.15) is 5.10 Å². The molecule has 0 aliphatic carbocycles. The Morgan fingerprint density at radius 2 is 2.00 bits per heavy atom. The van der Waals surface area contributed by atoms with Gasteiger partial charge >= 0.3 is 0 Å². The Kier molecular flexibility index (Phi) is 6.90. The smallest absolute Gasteiger partial charge is 0.225 e. The summed E-state index contributed by atoms with van der Waals surface area (Å²) >= 11 is 0. The molecule has 2 amide bonds. The van der Waals surface area contributed by atoms with E-state index in [0.29, 0.717) is 39.1 Å². The van der Waals surface area contributed by atoms with Crippen LogP contribution in [0.4, 0.5) is 0 Å². The lowest BCUT2D eigenvalue weighted by Gasteiger charge is -2.40. The van der Waals surface area contributed by atoms with Crippen molar-refractivity contribution < 1.29 is 14.3 Å². The summed E-state index contributed by atoms with van der Waals surface area (Å²) in [5.74, 6) is 0.601. The average Bonchev–Trinajstić information content (AvgIpc) is 3.13. The second-order valence-electron chi connectivity index (χ2n) is 7.26. The number of benzene rings is 1. The van der Waals surface area contributed by atoms with Crippen molar-refractivity contribution in [2.75, 3.05) is 19.7 Å². The third kappa shape index (κ3) is 4.78. The molecule has 1 aliphatic heterocycles. The van der Waals surface area contributed by atoms with Crippen LogP contribution in [0.15, 0.2) is 36.5 Å². The lowest BCUT2D eigenvalue weighted by Crippen LogP contribution is -2.48. The van der Waals surface area contributed by atoms with Gasteiger partial charge in [-0.25, -0.2) is 0 Å². The monoisotopic (exact) mass is 398 g/mol. The molecule has 1 aromatic carbocycles. The first kappa shape index (κ1) is 20.9. The van der Waals surface area contributed by atoms with Gasteiger partial charge in [0.15, 0.2) is 0 Å². The highest BCUT2D eigenvalue weighted by Gasteiger charge is 2.39. The highest BCUT2D eigenvalue weighted by molar-refractivity contribution is 5.85. The summed E-state index contributed by atoms with van der Waals surface area (Å²) < 4.78 is 7.39. The van der Waals surface area contributed by atoms with E-state index in [9.17, 15) is 9.59 Å². The number of hydrogen-bond donors (Lipinski definition) is 1. The van der Waals surface area contributed by atoms with Crippen molar-refractivity contribution in [3.8, 4) is 5.75 Å². The molecule has 0 spiro atoms. The fourth-order valence-electron chi connectivity index (χ4n) is 3.99. The lowest BCUT2D eigenvalue weighted by molar-refractivity contribution is -0.143. The Hall–Kier alpha value is -2.83. The molecule has 0 saturated carbocycles. The zero-order chi connectivity index (χ0) is 20.8. The Morgan fingerprint density at radius 3 is 2.62 bits per heavy atom. The zero-order valence-corrected chi connectivity index (χ0v) is 17.4. The molecule has 1 fully saturated rings. The van der Waals surface area contributed by atoms with E-state index in [-0.39, 0.29) is 23.8 Å². The van der Waals surface area contributed by atoms with Crippen molar-refractivity contribution in [1.82, 2.24) is 20.0 Å². The average molecular weight is 399 g/mol. The number of piperidine rings is 1. The highest BCUT2D eigenvalue weighted by Crippen LogP contribution is 2.37. The summed E-state index contributed by atoms with van der Waals surface area (Å²) in [7, 11) is 0. The largest absolute Gasteiger partial charge is 0.494 e. The number of likely N-dealkylation sites (tertiary alicyclic amines) is 1. The number of amides is 2. The molecule has 7 nitrogen and oxygen atoms in total. The van der Waals surface area contributed by atoms with Gasteiger partial charge in [-0.1, -0.05) is 12.1 Å². The van der Waals surface area contributed by atoms with Gasteiger partial charge in [-0.3, -0.25) is 14.3 Å². The SMILES string of the molecule is CCOc1ccc([C@H]2[C@H](C(=O)NCCn3nccc3C)CCC(=O)N2CC)cc1. The second kappa shape index (κ2) is 9.58. The predicted octanol–water partition coefficient (Wildman–Crippen LogP) is 2.71. The van der Waals surface area contributed by atoms with Crippen molar-refractivity contribution in [3.05, 3.63) is 47.8 Å². The van der Waals surface area contributed by atoms with Crippen molar-refractivity contribution in [1.29, 1.82) is 0 Å². The number of aryl methyl sites for hydroxylation is 1. The first-order chi connectivity index (χ1) is 14.0. The number of nitrogens with one attached hydrogen (secondary N) is 1. The van der Waals surface area contributed by atoms with Gasteiger partial charge in [0, 0.05) is 31.4 Å². The van der Waals surface area contributed by atoms with Crippen molar-refractivity contribution >= 4 is 11.8 Å². The Morgan fingerprint density at radius 1 is 1.24 bits per heavy atom. The molecule has 1 saturated heterocycles. The molecule has 3 rings (SSSR count). The van der Waals surface area contributed by atoms with Gasteiger partial charge in [-0.05, 0) is 51.0 Å². The maximum Gasteiger partial charge on any atom is 0.225 e. The maximum atomic E-state index is 13.0. The molecule has 2 atom stereocenters. The van der Waals surface area contributed by atoms with Crippen molar-refractivity contribution in [3.63, 3.8) is 0 Å². The number of aromatic nitrogens is 2. The van der Waals surface area contributed by atoms with Crippen LogP contribution in [-0.4, -0.2) is 46.2 Å². The summed E-state index contributed by atoms with van der Waals surface area (Å²) in [6.45, 7) is 8.20. The number of nitrogens with zero attached hydrogens (tertiary/aromatic N) is 3. The zero-order valence-electron chi connectivity index (χ0n) is 17.4. The van der Waals surface area contributed by atoms with Crippen LogP contribution in [0.5, 0.6) is 5.75 Å². The summed E-state index contributed by atoms with van der Waals surface area (Å²) in [6.07, 6.45) is 2.71. The third-order valence-corrected chi connectivity index (χ3v) is 5.47. The van der Waals surface area contributed by atoms with E-state index >= 15 is 0 Å². The molecule has 0 unspecified atom stereocenters. The molecule has 1 N–H and O–H groups in total. The van der Waals surface area contributed by atoms with Gasteiger partial charge < -0.3 is 15.0 Å². The van der Waals surface area contributed by atoms with Gasteiger partial charge in [0.1, 0.15) is 5.75 Å². The number of carbonyl (C=O) groups is 2.